The first-order valence-corrected chi connectivity index (χ1v) is 9.78. The lowest BCUT2D eigenvalue weighted by Gasteiger charge is -2.39. The molecule has 1 N–H and O–H groups in total. The van der Waals surface area contributed by atoms with Crippen LogP contribution < -0.4 is 0 Å². The van der Waals surface area contributed by atoms with Gasteiger partial charge in [-0.3, -0.25) is 9.59 Å². The van der Waals surface area contributed by atoms with Crippen LogP contribution in [0.25, 0.3) is 11.1 Å². The van der Waals surface area contributed by atoms with Crippen LogP contribution in [0.5, 0.6) is 0 Å². The van der Waals surface area contributed by atoms with Crippen molar-refractivity contribution in [1.82, 2.24) is 9.80 Å². The van der Waals surface area contributed by atoms with Crippen LogP contribution in [0.15, 0.2) is 48.5 Å². The monoisotopic (exact) mass is 378 g/mol. The Morgan fingerprint density at radius 1 is 1.04 bits per heavy atom. The third kappa shape index (κ3) is 3.00. The van der Waals surface area contributed by atoms with Crippen LogP contribution in [0.1, 0.15) is 22.3 Å². The molecular weight excluding hydrogens is 352 g/mol. The van der Waals surface area contributed by atoms with Crippen molar-refractivity contribution in [3.05, 3.63) is 59.7 Å². The topological polar surface area (TPSA) is 60.9 Å². The normalized spacial score (nSPS) is 24.8. The van der Waals surface area contributed by atoms with Gasteiger partial charge in [0.15, 0.2) is 0 Å². The van der Waals surface area contributed by atoms with E-state index in [9.17, 15) is 14.7 Å². The molecular formula is C23H26N2O3. The van der Waals surface area contributed by atoms with Crippen molar-refractivity contribution in [3.8, 4) is 11.1 Å². The molecule has 2 aromatic rings. The smallest absolute Gasteiger partial charge is 0.313 e. The predicted molar refractivity (Wildman–Crippen MR) is 108 cm³/mol. The highest BCUT2D eigenvalue weighted by atomic mass is 16.4. The van der Waals surface area contributed by atoms with E-state index < -0.39 is 11.4 Å². The van der Waals surface area contributed by atoms with E-state index in [1.54, 1.807) is 4.90 Å². The van der Waals surface area contributed by atoms with E-state index in [0.717, 1.165) is 29.7 Å². The van der Waals surface area contributed by atoms with Gasteiger partial charge in [-0.05, 0) is 55.6 Å². The van der Waals surface area contributed by atoms with Gasteiger partial charge in [0.1, 0.15) is 5.41 Å². The van der Waals surface area contributed by atoms with E-state index in [2.05, 4.69) is 4.90 Å². The van der Waals surface area contributed by atoms with Gasteiger partial charge < -0.3 is 14.9 Å². The zero-order chi connectivity index (χ0) is 19.9. The maximum atomic E-state index is 13.5. The third-order valence-corrected chi connectivity index (χ3v) is 6.41. The Labute approximate surface area is 165 Å². The number of amides is 1. The number of likely N-dealkylation sites (tertiary alicyclic amines) is 2. The largest absolute Gasteiger partial charge is 0.481 e. The molecule has 4 rings (SSSR count). The van der Waals surface area contributed by atoms with E-state index in [1.165, 1.54) is 0 Å². The van der Waals surface area contributed by atoms with E-state index >= 15 is 0 Å². The van der Waals surface area contributed by atoms with E-state index in [4.69, 9.17) is 0 Å². The van der Waals surface area contributed by atoms with Crippen molar-refractivity contribution >= 4 is 11.9 Å². The summed E-state index contributed by atoms with van der Waals surface area (Å²) in [6.07, 6.45) is 0.812. The number of hydrogen-bond acceptors (Lipinski definition) is 3. The first-order chi connectivity index (χ1) is 13.4. The molecule has 28 heavy (non-hydrogen) atoms. The number of rotatable bonds is 3. The summed E-state index contributed by atoms with van der Waals surface area (Å²) in [5.74, 6) is -0.848. The number of aryl methyl sites for hydroxylation is 1. The fourth-order valence-corrected chi connectivity index (χ4v) is 4.87. The summed E-state index contributed by atoms with van der Waals surface area (Å²) in [5.41, 5.74) is 2.84. The number of aliphatic carboxylic acids is 1. The van der Waals surface area contributed by atoms with E-state index in [0.29, 0.717) is 18.7 Å². The number of fused-ring (bicyclic) bond motifs is 1. The number of hydrogen-bond donors (Lipinski definition) is 1. The van der Waals surface area contributed by atoms with Crippen LogP contribution in [-0.4, -0.2) is 60.0 Å². The molecule has 0 spiro atoms. The minimum Gasteiger partial charge on any atom is -0.481 e. The second-order valence-corrected chi connectivity index (χ2v) is 8.23. The molecule has 2 heterocycles. The molecule has 1 amide bonds. The Morgan fingerprint density at radius 3 is 2.43 bits per heavy atom. The number of carboxylic acids is 1. The SMILES string of the molecule is Cc1ccccc1-c1ccccc1C(=O)N1C[C@@H]2CCN(C)C[C@]2(C(=O)O)C1. The first kappa shape index (κ1) is 18.7. The molecule has 5 heteroatoms. The van der Waals surface area contributed by atoms with Gasteiger partial charge in [-0.1, -0.05) is 42.5 Å². The summed E-state index contributed by atoms with van der Waals surface area (Å²) in [6, 6.07) is 15.7. The molecule has 5 nitrogen and oxygen atoms in total. The Balaban J connectivity index is 1.69. The first-order valence-electron chi connectivity index (χ1n) is 9.78. The van der Waals surface area contributed by atoms with Crippen molar-refractivity contribution in [2.75, 3.05) is 33.2 Å². The molecule has 146 valence electrons. The molecule has 2 aliphatic heterocycles. The quantitative estimate of drug-likeness (QED) is 0.891. The molecule has 0 aliphatic carbocycles. The lowest BCUT2D eigenvalue weighted by atomic mass is 9.73. The summed E-state index contributed by atoms with van der Waals surface area (Å²) in [4.78, 5) is 29.5. The van der Waals surface area contributed by atoms with Gasteiger partial charge in [0.25, 0.3) is 5.91 Å². The summed E-state index contributed by atoms with van der Waals surface area (Å²) in [6.45, 7) is 4.20. The van der Waals surface area contributed by atoms with Gasteiger partial charge in [-0.15, -0.1) is 0 Å². The maximum Gasteiger partial charge on any atom is 0.313 e. The molecule has 2 saturated heterocycles. The summed E-state index contributed by atoms with van der Waals surface area (Å²) in [7, 11) is 1.96. The Morgan fingerprint density at radius 2 is 1.71 bits per heavy atom. The van der Waals surface area contributed by atoms with Crippen LogP contribution in [0.4, 0.5) is 0 Å². The average Bonchev–Trinajstić information content (AvgIpc) is 3.08. The third-order valence-electron chi connectivity index (χ3n) is 6.41. The maximum absolute atomic E-state index is 13.5. The van der Waals surface area contributed by atoms with Crippen LogP contribution in [0.3, 0.4) is 0 Å². The minimum absolute atomic E-state index is 0.00998. The fourth-order valence-electron chi connectivity index (χ4n) is 4.87. The standard InChI is InChI=1S/C23H26N2O3/c1-16-7-3-4-8-18(16)19-9-5-6-10-20(19)21(26)25-13-17-11-12-24(2)14-23(17,15-25)22(27)28/h3-10,17H,11-15H2,1-2H3,(H,27,28)/t17-,23-/m0/s1. The van der Waals surface area contributed by atoms with Gasteiger partial charge in [0, 0.05) is 25.2 Å². The zero-order valence-electron chi connectivity index (χ0n) is 16.4. The second kappa shape index (κ2) is 7.06. The molecule has 2 aliphatic rings. The predicted octanol–water partition coefficient (Wildman–Crippen LogP) is 3.14. The highest BCUT2D eigenvalue weighted by molar-refractivity contribution is 6.01. The number of benzene rings is 2. The number of carboxylic acid groups (broad SMARTS) is 1. The molecule has 0 radical (unpaired) electrons. The van der Waals surface area contributed by atoms with Gasteiger partial charge in [0.05, 0.1) is 0 Å². The Kier molecular flexibility index (Phi) is 4.71. The molecule has 2 fully saturated rings. The fraction of sp³-hybridized carbons (Fsp3) is 0.391. The summed E-state index contributed by atoms with van der Waals surface area (Å²) >= 11 is 0. The van der Waals surface area contributed by atoms with Gasteiger partial charge in [-0.2, -0.15) is 0 Å². The summed E-state index contributed by atoms with van der Waals surface area (Å²) in [5, 5.41) is 9.99. The van der Waals surface area contributed by atoms with Crippen LogP contribution in [0, 0.1) is 18.3 Å². The average molecular weight is 378 g/mol. The molecule has 2 atom stereocenters. The van der Waals surface area contributed by atoms with Crippen LogP contribution in [-0.2, 0) is 4.79 Å². The zero-order valence-corrected chi connectivity index (χ0v) is 16.4. The van der Waals surface area contributed by atoms with Crippen molar-refractivity contribution in [1.29, 1.82) is 0 Å². The van der Waals surface area contributed by atoms with Crippen molar-refractivity contribution in [3.63, 3.8) is 0 Å². The number of nitrogens with zero attached hydrogens (tertiary/aromatic N) is 2. The van der Waals surface area contributed by atoms with Crippen molar-refractivity contribution in [2.24, 2.45) is 11.3 Å². The lowest BCUT2D eigenvalue weighted by Crippen LogP contribution is -2.52. The second-order valence-electron chi connectivity index (χ2n) is 8.23. The number of piperidine rings is 1. The highest BCUT2D eigenvalue weighted by Crippen LogP contribution is 2.43. The van der Waals surface area contributed by atoms with Gasteiger partial charge in [0.2, 0.25) is 0 Å². The van der Waals surface area contributed by atoms with Gasteiger partial charge >= 0.3 is 5.97 Å². The van der Waals surface area contributed by atoms with Gasteiger partial charge in [-0.25, -0.2) is 0 Å². The Bertz CT molecular complexity index is 926. The lowest BCUT2D eigenvalue weighted by molar-refractivity contribution is -0.153. The minimum atomic E-state index is -0.861. The molecule has 0 unspecified atom stereocenters. The Hall–Kier alpha value is -2.66. The van der Waals surface area contributed by atoms with Crippen LogP contribution in [0.2, 0.25) is 0 Å². The molecule has 0 bridgehead atoms. The number of carbonyl (C=O) groups is 2. The number of carbonyl (C=O) groups excluding carboxylic acids is 1. The van der Waals surface area contributed by atoms with E-state index in [1.807, 2.05) is 62.5 Å². The highest BCUT2D eigenvalue weighted by Gasteiger charge is 2.55. The van der Waals surface area contributed by atoms with Crippen molar-refractivity contribution < 1.29 is 14.7 Å². The molecule has 0 saturated carbocycles. The molecule has 2 aromatic carbocycles. The molecule has 0 aromatic heterocycles. The van der Waals surface area contributed by atoms with Crippen molar-refractivity contribution in [2.45, 2.75) is 13.3 Å². The van der Waals surface area contributed by atoms with E-state index in [-0.39, 0.29) is 18.4 Å². The van der Waals surface area contributed by atoms with Crippen LogP contribution >= 0.6 is 0 Å². The summed E-state index contributed by atoms with van der Waals surface area (Å²) < 4.78 is 0.